The first kappa shape index (κ1) is 18.5. The molecule has 0 saturated heterocycles. The van der Waals surface area contributed by atoms with E-state index in [1.165, 1.54) is 5.56 Å². The fourth-order valence-corrected chi connectivity index (χ4v) is 2.58. The summed E-state index contributed by atoms with van der Waals surface area (Å²) in [5.74, 6) is 1.83. The van der Waals surface area contributed by atoms with E-state index >= 15 is 0 Å². The van der Waals surface area contributed by atoms with E-state index in [9.17, 15) is 4.79 Å². The fourth-order valence-electron chi connectivity index (χ4n) is 2.58. The average Bonchev–Trinajstić information content (AvgIpc) is 2.69. The Labute approximate surface area is 160 Å². The van der Waals surface area contributed by atoms with Gasteiger partial charge in [-0.05, 0) is 59.5 Å². The summed E-state index contributed by atoms with van der Waals surface area (Å²) in [6.07, 6.45) is 3.35. The number of ether oxygens (including phenoxy) is 1. The standard InChI is InChI=1S/C24H23NO2/c1-18(2)20-11-8-19(9-12-20)10-17-24(26)25-21-13-15-23(16-14-21)27-22-6-4-3-5-7-22/h3-18H,1-2H3,(H,25,26)/b17-10+. The van der Waals surface area contributed by atoms with Crippen LogP contribution in [0.2, 0.25) is 0 Å². The Morgan fingerprint density at radius 1 is 0.852 bits per heavy atom. The van der Waals surface area contributed by atoms with Gasteiger partial charge in [-0.1, -0.05) is 56.3 Å². The largest absolute Gasteiger partial charge is 0.457 e. The average molecular weight is 357 g/mol. The molecule has 1 N–H and O–H groups in total. The highest BCUT2D eigenvalue weighted by Crippen LogP contribution is 2.22. The van der Waals surface area contributed by atoms with Gasteiger partial charge in [0.25, 0.3) is 0 Å². The molecule has 0 saturated carbocycles. The smallest absolute Gasteiger partial charge is 0.248 e. The van der Waals surface area contributed by atoms with Gasteiger partial charge in [-0.15, -0.1) is 0 Å². The van der Waals surface area contributed by atoms with Crippen LogP contribution < -0.4 is 10.1 Å². The van der Waals surface area contributed by atoms with Gasteiger partial charge in [-0.2, -0.15) is 0 Å². The number of hydrogen-bond acceptors (Lipinski definition) is 2. The number of nitrogens with one attached hydrogen (secondary N) is 1. The molecule has 0 radical (unpaired) electrons. The van der Waals surface area contributed by atoms with Crippen molar-refractivity contribution in [2.24, 2.45) is 0 Å². The molecule has 3 aromatic carbocycles. The first-order valence-electron chi connectivity index (χ1n) is 9.02. The van der Waals surface area contributed by atoms with Crippen LogP contribution >= 0.6 is 0 Å². The van der Waals surface area contributed by atoms with Gasteiger partial charge in [-0.3, -0.25) is 4.79 Å². The number of carbonyl (C=O) groups excluding carboxylic acids is 1. The van der Waals surface area contributed by atoms with Crippen LogP contribution in [0.5, 0.6) is 11.5 Å². The summed E-state index contributed by atoms with van der Waals surface area (Å²) in [5, 5.41) is 2.85. The third-order valence-corrected chi connectivity index (χ3v) is 4.13. The van der Waals surface area contributed by atoms with Gasteiger partial charge in [-0.25, -0.2) is 0 Å². The van der Waals surface area contributed by atoms with E-state index in [0.29, 0.717) is 5.92 Å². The molecular weight excluding hydrogens is 334 g/mol. The third-order valence-electron chi connectivity index (χ3n) is 4.13. The summed E-state index contributed by atoms with van der Waals surface area (Å²) in [5.41, 5.74) is 3.01. The fraction of sp³-hybridized carbons (Fsp3) is 0.125. The monoisotopic (exact) mass is 357 g/mol. The zero-order valence-corrected chi connectivity index (χ0v) is 15.6. The number of anilines is 1. The number of benzene rings is 3. The molecule has 3 heteroatoms. The van der Waals surface area contributed by atoms with Crippen LogP contribution in [0.4, 0.5) is 5.69 Å². The third kappa shape index (κ3) is 5.58. The van der Waals surface area contributed by atoms with Crippen molar-refractivity contribution in [3.05, 3.63) is 96.1 Å². The molecule has 3 nitrogen and oxygen atoms in total. The van der Waals surface area contributed by atoms with Crippen molar-refractivity contribution in [1.29, 1.82) is 0 Å². The summed E-state index contributed by atoms with van der Waals surface area (Å²) in [4.78, 5) is 12.1. The van der Waals surface area contributed by atoms with Crippen molar-refractivity contribution in [2.75, 3.05) is 5.32 Å². The highest BCUT2D eigenvalue weighted by molar-refractivity contribution is 6.01. The van der Waals surface area contributed by atoms with Crippen LogP contribution in [-0.2, 0) is 4.79 Å². The van der Waals surface area contributed by atoms with Gasteiger partial charge in [0.05, 0.1) is 0 Å². The lowest BCUT2D eigenvalue weighted by Crippen LogP contribution is -2.07. The van der Waals surface area contributed by atoms with Crippen LogP contribution in [0.25, 0.3) is 6.08 Å². The summed E-state index contributed by atoms with van der Waals surface area (Å²) in [7, 11) is 0. The summed E-state index contributed by atoms with van der Waals surface area (Å²) >= 11 is 0. The van der Waals surface area contributed by atoms with Crippen molar-refractivity contribution in [3.8, 4) is 11.5 Å². The second-order valence-electron chi connectivity index (χ2n) is 6.58. The Balaban J connectivity index is 1.55. The van der Waals surface area contributed by atoms with Crippen LogP contribution in [0.15, 0.2) is 84.9 Å². The topological polar surface area (TPSA) is 38.3 Å². The molecule has 1 amide bonds. The summed E-state index contributed by atoms with van der Waals surface area (Å²) in [6, 6.07) is 25.1. The number of hydrogen-bond donors (Lipinski definition) is 1. The maximum Gasteiger partial charge on any atom is 0.248 e. The van der Waals surface area contributed by atoms with Gasteiger partial charge < -0.3 is 10.1 Å². The lowest BCUT2D eigenvalue weighted by molar-refractivity contribution is -0.111. The Bertz CT molecular complexity index is 895. The van der Waals surface area contributed by atoms with Crippen LogP contribution in [0.1, 0.15) is 30.9 Å². The second kappa shape index (κ2) is 8.86. The number of amides is 1. The molecule has 0 bridgehead atoms. The molecule has 0 aromatic heterocycles. The van der Waals surface area contributed by atoms with Crippen molar-refractivity contribution in [1.82, 2.24) is 0 Å². The minimum absolute atomic E-state index is 0.167. The maximum atomic E-state index is 12.1. The SMILES string of the molecule is CC(C)c1ccc(/C=C/C(=O)Nc2ccc(Oc3ccccc3)cc2)cc1. The highest BCUT2D eigenvalue weighted by Gasteiger charge is 2.01. The quantitative estimate of drug-likeness (QED) is 0.529. The molecule has 0 heterocycles. The second-order valence-corrected chi connectivity index (χ2v) is 6.58. The molecule has 0 spiro atoms. The predicted molar refractivity (Wildman–Crippen MR) is 111 cm³/mol. The minimum atomic E-state index is -0.167. The Morgan fingerprint density at radius 3 is 2.11 bits per heavy atom. The van der Waals surface area contributed by atoms with E-state index in [0.717, 1.165) is 22.7 Å². The molecule has 0 fully saturated rings. The van der Waals surface area contributed by atoms with E-state index in [1.54, 1.807) is 6.08 Å². The first-order valence-corrected chi connectivity index (χ1v) is 9.02. The molecule has 0 aliphatic carbocycles. The molecule has 3 aromatic rings. The van der Waals surface area contributed by atoms with Gasteiger partial charge in [0, 0.05) is 11.8 Å². The predicted octanol–water partition coefficient (Wildman–Crippen LogP) is 6.25. The van der Waals surface area contributed by atoms with E-state index < -0.39 is 0 Å². The Hall–Kier alpha value is -3.33. The van der Waals surface area contributed by atoms with Gasteiger partial charge in [0.15, 0.2) is 0 Å². The van der Waals surface area contributed by atoms with Crippen LogP contribution in [0, 0.1) is 0 Å². The van der Waals surface area contributed by atoms with Crippen LogP contribution in [-0.4, -0.2) is 5.91 Å². The first-order chi connectivity index (χ1) is 13.1. The zero-order chi connectivity index (χ0) is 19.1. The number of carbonyl (C=O) groups is 1. The van der Waals surface area contributed by atoms with Crippen molar-refractivity contribution >= 4 is 17.7 Å². The summed E-state index contributed by atoms with van der Waals surface area (Å²) < 4.78 is 5.74. The highest BCUT2D eigenvalue weighted by atomic mass is 16.5. The van der Waals surface area contributed by atoms with Crippen LogP contribution in [0.3, 0.4) is 0 Å². The molecular formula is C24H23NO2. The molecule has 27 heavy (non-hydrogen) atoms. The normalized spacial score (nSPS) is 10.9. The number of para-hydroxylation sites is 1. The molecule has 136 valence electrons. The molecule has 0 atom stereocenters. The van der Waals surface area contributed by atoms with Crippen molar-refractivity contribution in [2.45, 2.75) is 19.8 Å². The zero-order valence-electron chi connectivity index (χ0n) is 15.6. The van der Waals surface area contributed by atoms with E-state index in [4.69, 9.17) is 4.74 Å². The van der Waals surface area contributed by atoms with E-state index in [-0.39, 0.29) is 5.91 Å². The Kier molecular flexibility index (Phi) is 6.06. The summed E-state index contributed by atoms with van der Waals surface area (Å²) in [6.45, 7) is 4.32. The lowest BCUT2D eigenvalue weighted by atomic mass is 10.0. The van der Waals surface area contributed by atoms with Crippen molar-refractivity contribution < 1.29 is 9.53 Å². The lowest BCUT2D eigenvalue weighted by Gasteiger charge is -2.07. The van der Waals surface area contributed by atoms with Crippen molar-refractivity contribution in [3.63, 3.8) is 0 Å². The van der Waals surface area contributed by atoms with Gasteiger partial charge in [0.2, 0.25) is 5.91 Å². The molecule has 0 aliphatic rings. The minimum Gasteiger partial charge on any atom is -0.457 e. The van der Waals surface area contributed by atoms with E-state index in [1.807, 2.05) is 72.8 Å². The number of rotatable bonds is 6. The maximum absolute atomic E-state index is 12.1. The molecule has 3 rings (SSSR count). The van der Waals surface area contributed by atoms with E-state index in [2.05, 4.69) is 31.3 Å². The Morgan fingerprint density at radius 2 is 1.48 bits per heavy atom. The van der Waals surface area contributed by atoms with Gasteiger partial charge >= 0.3 is 0 Å². The molecule has 0 unspecified atom stereocenters. The van der Waals surface area contributed by atoms with Gasteiger partial charge in [0.1, 0.15) is 11.5 Å². The molecule has 0 aliphatic heterocycles.